The van der Waals surface area contributed by atoms with Gasteiger partial charge in [-0.25, -0.2) is 9.97 Å². The first-order valence-electron chi connectivity index (χ1n) is 19.5. The van der Waals surface area contributed by atoms with E-state index in [1.807, 2.05) is 17.0 Å². The zero-order chi connectivity index (χ0) is 34.3. The minimum atomic E-state index is -0.323. The summed E-state index contributed by atoms with van der Waals surface area (Å²) in [6.07, 6.45) is 17.5. The van der Waals surface area contributed by atoms with Crippen LogP contribution in [0.5, 0.6) is 0 Å². The SMILES string of the molecule is O=C1C(Cc2nc3c([nH]2)CCCC3)Cc2ccc(CC3CCc4c(nc(CN5C(=O)C6(CC6)c6ccccc65)n4CC/C=C/O)C3)cc2C12CC2. The topological polar surface area (TPSA) is 104 Å². The fourth-order valence-electron chi connectivity index (χ4n) is 10.3. The maximum atomic E-state index is 14.0. The summed E-state index contributed by atoms with van der Waals surface area (Å²) < 4.78 is 2.33. The van der Waals surface area contributed by atoms with Crippen molar-refractivity contribution in [3.05, 3.63) is 111 Å². The molecule has 3 heterocycles. The van der Waals surface area contributed by atoms with E-state index >= 15 is 0 Å². The van der Waals surface area contributed by atoms with Crippen LogP contribution in [0, 0.1) is 11.8 Å². The highest BCUT2D eigenvalue weighted by Gasteiger charge is 2.59. The number of imidazole rings is 2. The minimum absolute atomic E-state index is 0.00605. The van der Waals surface area contributed by atoms with E-state index in [1.165, 1.54) is 52.2 Å². The average molecular weight is 682 g/mol. The molecule has 4 aromatic rings. The zero-order valence-electron chi connectivity index (χ0n) is 29.4. The summed E-state index contributed by atoms with van der Waals surface area (Å²) in [5, 5.41) is 9.36. The molecule has 0 radical (unpaired) electrons. The smallest absolute Gasteiger partial charge is 0.238 e. The molecular weight excluding hydrogens is 635 g/mol. The van der Waals surface area contributed by atoms with Crippen LogP contribution in [0.3, 0.4) is 0 Å². The predicted molar refractivity (Wildman–Crippen MR) is 195 cm³/mol. The van der Waals surface area contributed by atoms with E-state index in [4.69, 9.17) is 9.97 Å². The van der Waals surface area contributed by atoms with Crippen LogP contribution in [0.2, 0.25) is 0 Å². The number of ketones is 1. The molecule has 2 atom stereocenters. The number of nitrogens with one attached hydrogen (secondary N) is 1. The van der Waals surface area contributed by atoms with Crippen LogP contribution in [-0.2, 0) is 78.5 Å². The highest BCUT2D eigenvalue weighted by atomic mass is 16.2. The Hall–Kier alpha value is -4.46. The Kier molecular flexibility index (Phi) is 7.23. The third-order valence-corrected chi connectivity index (χ3v) is 13.3. The lowest BCUT2D eigenvalue weighted by atomic mass is 9.71. The van der Waals surface area contributed by atoms with Gasteiger partial charge in [-0.1, -0.05) is 36.4 Å². The number of fused-ring (bicyclic) bond motifs is 6. The van der Waals surface area contributed by atoms with Crippen LogP contribution in [0.4, 0.5) is 5.69 Å². The van der Waals surface area contributed by atoms with Crippen molar-refractivity contribution in [2.24, 2.45) is 11.8 Å². The largest absolute Gasteiger partial charge is 0.516 e. The Labute approximate surface area is 299 Å². The summed E-state index contributed by atoms with van der Waals surface area (Å²) in [6, 6.07) is 15.3. The third-order valence-electron chi connectivity index (χ3n) is 13.3. The molecule has 2 N–H and O–H groups in total. The number of H-pyrrole nitrogens is 1. The zero-order valence-corrected chi connectivity index (χ0v) is 29.4. The van der Waals surface area contributed by atoms with Crippen molar-refractivity contribution in [3.8, 4) is 0 Å². The third kappa shape index (κ3) is 5.07. The summed E-state index contributed by atoms with van der Waals surface area (Å²) in [4.78, 5) is 43.5. The van der Waals surface area contributed by atoms with Gasteiger partial charge in [0, 0.05) is 36.0 Å². The Bertz CT molecular complexity index is 2070. The number of benzene rings is 2. The Balaban J connectivity index is 0.873. The van der Waals surface area contributed by atoms with Crippen LogP contribution in [0.15, 0.2) is 54.8 Å². The molecule has 5 aliphatic carbocycles. The van der Waals surface area contributed by atoms with Gasteiger partial charge in [-0.2, -0.15) is 0 Å². The van der Waals surface area contributed by atoms with Crippen molar-refractivity contribution in [2.45, 2.75) is 120 Å². The minimum Gasteiger partial charge on any atom is -0.516 e. The fourth-order valence-corrected chi connectivity index (χ4v) is 10.3. The van der Waals surface area contributed by atoms with Gasteiger partial charge < -0.3 is 19.6 Å². The van der Waals surface area contributed by atoms with Crippen LogP contribution in [0.25, 0.3) is 0 Å². The number of para-hydroxylation sites is 1. The first-order valence-corrected chi connectivity index (χ1v) is 19.5. The number of aryl methyl sites for hydroxylation is 2. The number of aromatic amines is 1. The molecule has 262 valence electrons. The lowest BCUT2D eigenvalue weighted by Crippen LogP contribution is -2.37. The molecule has 1 amide bonds. The molecule has 2 spiro atoms. The van der Waals surface area contributed by atoms with Crippen molar-refractivity contribution < 1.29 is 14.7 Å². The number of allylic oxidation sites excluding steroid dienone is 1. The Morgan fingerprint density at radius 3 is 2.57 bits per heavy atom. The van der Waals surface area contributed by atoms with Crippen molar-refractivity contribution in [2.75, 3.05) is 4.90 Å². The Morgan fingerprint density at radius 1 is 0.902 bits per heavy atom. The van der Waals surface area contributed by atoms with Crippen LogP contribution in [0.1, 0.15) is 108 Å². The fraction of sp³-hybridized carbons (Fsp3) is 0.488. The average Bonchev–Trinajstić information content (AvgIpc) is 4.04. The molecule has 8 nitrogen and oxygen atoms in total. The summed E-state index contributed by atoms with van der Waals surface area (Å²) in [7, 11) is 0. The number of hydrogen-bond donors (Lipinski definition) is 2. The van der Waals surface area contributed by atoms with Gasteiger partial charge in [0.2, 0.25) is 5.91 Å². The van der Waals surface area contributed by atoms with Crippen molar-refractivity contribution >= 4 is 17.4 Å². The monoisotopic (exact) mass is 681 g/mol. The lowest BCUT2D eigenvalue weighted by molar-refractivity contribution is -0.126. The molecule has 0 bridgehead atoms. The van der Waals surface area contributed by atoms with Crippen molar-refractivity contribution in [1.82, 2.24) is 19.5 Å². The van der Waals surface area contributed by atoms with Gasteiger partial charge in [-0.15, -0.1) is 0 Å². The van der Waals surface area contributed by atoms with E-state index in [1.54, 1.807) is 6.08 Å². The molecule has 2 saturated carbocycles. The second kappa shape index (κ2) is 11.8. The summed E-state index contributed by atoms with van der Waals surface area (Å²) in [5.74, 6) is 3.08. The molecular formula is C43H47N5O3. The number of amides is 1. The van der Waals surface area contributed by atoms with E-state index in [0.29, 0.717) is 24.7 Å². The van der Waals surface area contributed by atoms with Gasteiger partial charge in [0.1, 0.15) is 17.4 Å². The summed E-state index contributed by atoms with van der Waals surface area (Å²) in [5.41, 5.74) is 10.5. The maximum Gasteiger partial charge on any atom is 0.238 e. The number of carbonyl (C=O) groups is 2. The number of rotatable bonds is 9. The summed E-state index contributed by atoms with van der Waals surface area (Å²) in [6.45, 7) is 1.21. The molecule has 1 aliphatic heterocycles. The van der Waals surface area contributed by atoms with E-state index < -0.39 is 0 Å². The van der Waals surface area contributed by atoms with E-state index in [9.17, 15) is 14.7 Å². The molecule has 2 unspecified atom stereocenters. The number of carbonyl (C=O) groups excluding carboxylic acids is 2. The van der Waals surface area contributed by atoms with Gasteiger partial charge in [-0.3, -0.25) is 9.59 Å². The van der Waals surface area contributed by atoms with Gasteiger partial charge >= 0.3 is 0 Å². The van der Waals surface area contributed by atoms with Crippen molar-refractivity contribution in [1.29, 1.82) is 0 Å². The van der Waals surface area contributed by atoms with Gasteiger partial charge in [-0.05, 0) is 130 Å². The molecule has 2 fully saturated rings. The number of aliphatic hydroxyl groups excluding tert-OH is 1. The first-order chi connectivity index (χ1) is 25.0. The molecule has 6 aliphatic rings. The van der Waals surface area contributed by atoms with Crippen molar-refractivity contribution in [3.63, 3.8) is 0 Å². The first kappa shape index (κ1) is 31.3. The molecule has 2 aromatic carbocycles. The normalized spacial score (nSPS) is 23.5. The maximum absolute atomic E-state index is 14.0. The lowest BCUT2D eigenvalue weighted by Gasteiger charge is -2.31. The van der Waals surface area contributed by atoms with Crippen LogP contribution >= 0.6 is 0 Å². The molecule has 8 heteroatoms. The van der Waals surface area contributed by atoms with Crippen LogP contribution in [-0.4, -0.2) is 36.3 Å². The molecule has 0 saturated heterocycles. The number of aliphatic hydroxyl groups is 1. The highest BCUT2D eigenvalue weighted by Crippen LogP contribution is 2.58. The number of aromatic nitrogens is 4. The molecule has 10 rings (SSSR count). The number of Topliss-reactive ketones (excluding diaryl/α,β-unsaturated/α-hetero) is 1. The molecule has 51 heavy (non-hydrogen) atoms. The van der Waals surface area contributed by atoms with Gasteiger partial charge in [0.15, 0.2) is 0 Å². The van der Waals surface area contributed by atoms with Gasteiger partial charge in [0.25, 0.3) is 0 Å². The van der Waals surface area contributed by atoms with E-state index in [-0.39, 0.29) is 22.7 Å². The van der Waals surface area contributed by atoms with E-state index in [2.05, 4.69) is 39.9 Å². The summed E-state index contributed by atoms with van der Waals surface area (Å²) >= 11 is 0. The standard InChI is InChI=1S/C43H47N5O3/c49-20-6-5-19-47-37-14-12-28(23-35(37)46-39(47)26-48-36-10-4-1-7-31(36)43(17-18-43)41(48)51)21-27-11-13-29-24-30(40(50)42(15-16-42)32(29)22-27)25-38-44-33-8-2-3-9-34(33)45-38/h1,4,6-7,10-11,13,20,22,28,30,49H,2-3,5,8-9,12,14-19,21,23-26H2,(H,44,45)/b20-6+. The number of nitrogens with zero attached hydrogens (tertiary/aromatic N) is 4. The number of anilines is 1. The Morgan fingerprint density at radius 2 is 1.75 bits per heavy atom. The number of hydrogen-bond acceptors (Lipinski definition) is 5. The van der Waals surface area contributed by atoms with Gasteiger partial charge in [0.05, 0.1) is 35.0 Å². The second-order valence-electron chi connectivity index (χ2n) is 16.4. The second-order valence-corrected chi connectivity index (χ2v) is 16.4. The predicted octanol–water partition coefficient (Wildman–Crippen LogP) is 6.89. The molecule has 2 aromatic heterocycles. The quantitative estimate of drug-likeness (QED) is 0.187. The van der Waals surface area contributed by atoms with Crippen LogP contribution < -0.4 is 4.90 Å². The highest BCUT2D eigenvalue weighted by molar-refractivity contribution is 6.10. The van der Waals surface area contributed by atoms with E-state index in [0.717, 1.165) is 113 Å².